The molecule has 0 spiro atoms. The van der Waals surface area contributed by atoms with Gasteiger partial charge in [0.05, 0.1) is 26.9 Å². The summed E-state index contributed by atoms with van der Waals surface area (Å²) in [7, 11) is 1.69. The van der Waals surface area contributed by atoms with Crippen LogP contribution in [-0.4, -0.2) is 58.0 Å². The van der Waals surface area contributed by atoms with Crippen LogP contribution in [0, 0.1) is 0 Å². The number of rotatable bonds is 10. The van der Waals surface area contributed by atoms with Crippen molar-refractivity contribution in [3.63, 3.8) is 0 Å². The van der Waals surface area contributed by atoms with Crippen molar-refractivity contribution < 1.29 is 14.2 Å². The van der Waals surface area contributed by atoms with Crippen molar-refractivity contribution in [1.82, 2.24) is 10.2 Å². The van der Waals surface area contributed by atoms with E-state index in [1.807, 2.05) is 12.1 Å². The molecule has 7 heteroatoms. The number of benzene rings is 2. The Morgan fingerprint density at radius 3 is 2.45 bits per heavy atom. The molecule has 1 heterocycles. The average Bonchev–Trinajstić information content (AvgIpc) is 2.73. The zero-order valence-corrected chi connectivity index (χ0v) is 18.6. The minimum Gasteiger partial charge on any atom is -0.493 e. The quantitative estimate of drug-likeness (QED) is 0.569. The number of hydrogen-bond donors (Lipinski definition) is 1. The van der Waals surface area contributed by atoms with Crippen molar-refractivity contribution in [2.75, 3.05) is 53.1 Å². The van der Waals surface area contributed by atoms with E-state index < -0.39 is 0 Å². The Hall–Kier alpha value is -1.50. The number of nitrogens with zero attached hydrogens (tertiary/aromatic N) is 1. The van der Waals surface area contributed by atoms with E-state index in [4.69, 9.17) is 14.2 Å². The second kappa shape index (κ2) is 14.5. The van der Waals surface area contributed by atoms with Crippen LogP contribution in [0.3, 0.4) is 0 Å². The molecule has 0 unspecified atom stereocenters. The second-order valence-electron chi connectivity index (χ2n) is 6.70. The van der Waals surface area contributed by atoms with Crippen molar-refractivity contribution in [3.05, 3.63) is 59.7 Å². The van der Waals surface area contributed by atoms with Crippen LogP contribution in [0.25, 0.3) is 0 Å². The highest BCUT2D eigenvalue weighted by molar-refractivity contribution is 5.85. The Morgan fingerprint density at radius 1 is 0.966 bits per heavy atom. The molecule has 0 saturated carbocycles. The van der Waals surface area contributed by atoms with Gasteiger partial charge in [0.1, 0.15) is 0 Å². The number of hydrogen-bond acceptors (Lipinski definition) is 5. The van der Waals surface area contributed by atoms with E-state index in [1.165, 1.54) is 11.1 Å². The molecule has 0 radical (unpaired) electrons. The first-order valence-electron chi connectivity index (χ1n) is 9.69. The zero-order valence-electron chi connectivity index (χ0n) is 17.0. The summed E-state index contributed by atoms with van der Waals surface area (Å²) in [4.78, 5) is 2.43. The molecular formula is C22H32Cl2N2O3. The number of ether oxygens (including phenoxy) is 3. The molecule has 0 aromatic heterocycles. The Balaban J connectivity index is 0.00000210. The van der Waals surface area contributed by atoms with Crippen LogP contribution in [0.5, 0.6) is 11.5 Å². The van der Waals surface area contributed by atoms with E-state index in [-0.39, 0.29) is 24.8 Å². The molecule has 0 amide bonds. The first-order chi connectivity index (χ1) is 13.3. The molecule has 5 nitrogen and oxygen atoms in total. The predicted octanol–water partition coefficient (Wildman–Crippen LogP) is 3.58. The van der Waals surface area contributed by atoms with Crippen molar-refractivity contribution in [1.29, 1.82) is 0 Å². The van der Waals surface area contributed by atoms with Crippen LogP contribution in [-0.2, 0) is 17.7 Å². The molecule has 1 aliphatic rings. The van der Waals surface area contributed by atoms with Gasteiger partial charge in [-0.25, -0.2) is 0 Å². The molecule has 0 aliphatic carbocycles. The second-order valence-corrected chi connectivity index (χ2v) is 6.70. The molecule has 162 valence electrons. The molecule has 1 N–H and O–H groups in total. The normalized spacial score (nSPS) is 13.8. The Morgan fingerprint density at radius 2 is 1.72 bits per heavy atom. The predicted molar refractivity (Wildman–Crippen MR) is 122 cm³/mol. The molecule has 0 atom stereocenters. The van der Waals surface area contributed by atoms with E-state index in [0.717, 1.165) is 63.9 Å². The highest BCUT2D eigenvalue weighted by Gasteiger charge is 2.09. The molecule has 3 rings (SSSR count). The largest absolute Gasteiger partial charge is 0.493 e. The molecule has 1 fully saturated rings. The number of nitrogens with one attached hydrogen (secondary N) is 1. The Labute approximate surface area is 186 Å². The summed E-state index contributed by atoms with van der Waals surface area (Å²) in [6.07, 6.45) is 0.884. The summed E-state index contributed by atoms with van der Waals surface area (Å²) in [5.74, 6) is 1.58. The first kappa shape index (κ1) is 25.5. The monoisotopic (exact) mass is 442 g/mol. The van der Waals surface area contributed by atoms with Gasteiger partial charge in [-0.05, 0) is 23.3 Å². The average molecular weight is 443 g/mol. The third-order valence-corrected chi connectivity index (χ3v) is 4.76. The van der Waals surface area contributed by atoms with Crippen LogP contribution < -0.4 is 14.8 Å². The van der Waals surface area contributed by atoms with Crippen LogP contribution in [0.2, 0.25) is 0 Å². The lowest BCUT2D eigenvalue weighted by Gasteiger charge is -2.26. The first-order valence-corrected chi connectivity index (χ1v) is 9.69. The van der Waals surface area contributed by atoms with E-state index >= 15 is 0 Å². The van der Waals surface area contributed by atoms with Gasteiger partial charge in [0, 0.05) is 39.1 Å². The van der Waals surface area contributed by atoms with Gasteiger partial charge in [-0.2, -0.15) is 0 Å². The SMILES string of the molecule is COc1cc(CNCCN2CCOCC2)ccc1OCCc1ccccc1.Cl.Cl. The van der Waals surface area contributed by atoms with Gasteiger partial charge in [-0.15, -0.1) is 24.8 Å². The molecule has 2 aromatic rings. The van der Waals surface area contributed by atoms with Crippen molar-refractivity contribution in [2.45, 2.75) is 13.0 Å². The van der Waals surface area contributed by atoms with Gasteiger partial charge < -0.3 is 19.5 Å². The fourth-order valence-corrected chi connectivity index (χ4v) is 3.16. The highest BCUT2D eigenvalue weighted by Crippen LogP contribution is 2.28. The molecule has 1 aliphatic heterocycles. The minimum atomic E-state index is 0. The Kier molecular flexibility index (Phi) is 12.7. The summed E-state index contributed by atoms with van der Waals surface area (Å²) in [5.41, 5.74) is 2.47. The third-order valence-electron chi connectivity index (χ3n) is 4.76. The lowest BCUT2D eigenvalue weighted by atomic mass is 10.1. The van der Waals surface area contributed by atoms with E-state index in [2.05, 4.69) is 46.6 Å². The maximum absolute atomic E-state index is 5.93. The summed E-state index contributed by atoms with van der Waals surface area (Å²) >= 11 is 0. The molecule has 1 saturated heterocycles. The summed E-state index contributed by atoms with van der Waals surface area (Å²) in [5, 5.41) is 3.51. The van der Waals surface area contributed by atoms with Gasteiger partial charge in [0.2, 0.25) is 0 Å². The van der Waals surface area contributed by atoms with Crippen molar-refractivity contribution in [3.8, 4) is 11.5 Å². The number of halogens is 2. The summed E-state index contributed by atoms with van der Waals surface area (Å²) in [6.45, 7) is 7.25. The lowest BCUT2D eigenvalue weighted by molar-refractivity contribution is 0.0384. The number of methoxy groups -OCH3 is 1. The fourth-order valence-electron chi connectivity index (χ4n) is 3.16. The smallest absolute Gasteiger partial charge is 0.161 e. The van der Waals surface area contributed by atoms with Crippen LogP contribution in [0.1, 0.15) is 11.1 Å². The van der Waals surface area contributed by atoms with Crippen LogP contribution in [0.4, 0.5) is 0 Å². The maximum atomic E-state index is 5.93. The fraction of sp³-hybridized carbons (Fsp3) is 0.455. The minimum absolute atomic E-state index is 0. The standard InChI is InChI=1S/C22H30N2O3.2ClH/c1-25-22-17-20(18-23-10-11-24-12-15-26-16-13-24)7-8-21(22)27-14-9-19-5-3-2-4-6-19;;/h2-8,17,23H,9-16,18H2,1H3;2*1H. The van der Waals surface area contributed by atoms with Gasteiger partial charge in [0.25, 0.3) is 0 Å². The molecule has 0 bridgehead atoms. The highest BCUT2D eigenvalue weighted by atomic mass is 35.5. The third kappa shape index (κ3) is 8.81. The maximum Gasteiger partial charge on any atom is 0.161 e. The zero-order chi connectivity index (χ0) is 18.7. The molecular weight excluding hydrogens is 411 g/mol. The van der Waals surface area contributed by atoms with E-state index in [1.54, 1.807) is 7.11 Å². The van der Waals surface area contributed by atoms with Gasteiger partial charge in [0.15, 0.2) is 11.5 Å². The lowest BCUT2D eigenvalue weighted by Crippen LogP contribution is -2.40. The Bertz CT molecular complexity index is 683. The van der Waals surface area contributed by atoms with Crippen LogP contribution >= 0.6 is 24.8 Å². The van der Waals surface area contributed by atoms with Crippen molar-refractivity contribution >= 4 is 24.8 Å². The summed E-state index contributed by atoms with van der Waals surface area (Å²) in [6, 6.07) is 16.5. The number of morpholine rings is 1. The molecule has 29 heavy (non-hydrogen) atoms. The van der Waals surface area contributed by atoms with E-state index in [0.29, 0.717) is 6.61 Å². The summed E-state index contributed by atoms with van der Waals surface area (Å²) < 4.78 is 16.8. The van der Waals surface area contributed by atoms with Crippen LogP contribution in [0.15, 0.2) is 48.5 Å². The van der Waals surface area contributed by atoms with Gasteiger partial charge >= 0.3 is 0 Å². The molecule has 2 aromatic carbocycles. The van der Waals surface area contributed by atoms with Crippen molar-refractivity contribution in [2.24, 2.45) is 0 Å². The van der Waals surface area contributed by atoms with Gasteiger partial charge in [-0.3, -0.25) is 4.90 Å². The van der Waals surface area contributed by atoms with E-state index in [9.17, 15) is 0 Å². The topological polar surface area (TPSA) is 43.0 Å². The van der Waals surface area contributed by atoms with Gasteiger partial charge in [-0.1, -0.05) is 36.4 Å².